The fourth-order valence-corrected chi connectivity index (χ4v) is 6.47. The summed E-state index contributed by atoms with van der Waals surface area (Å²) >= 11 is 1.54. The van der Waals surface area contributed by atoms with Gasteiger partial charge in [0.25, 0.3) is 0 Å². The smallest absolute Gasteiger partial charge is 0.211 e. The van der Waals surface area contributed by atoms with Crippen molar-refractivity contribution in [3.05, 3.63) is 0 Å². The van der Waals surface area contributed by atoms with Crippen molar-refractivity contribution in [3.8, 4) is 0 Å². The van der Waals surface area contributed by atoms with Crippen LogP contribution in [0.15, 0.2) is 0 Å². The van der Waals surface area contributed by atoms with Crippen LogP contribution in [0.25, 0.3) is 0 Å². The summed E-state index contributed by atoms with van der Waals surface area (Å²) in [6.45, 7) is 8.99. The van der Waals surface area contributed by atoms with Crippen LogP contribution in [-0.2, 0) is 9.22 Å². The number of carbonyl (C=O) groups excluding carboxylic acids is 1. The minimum Gasteiger partial charge on any atom is -0.414 e. The van der Waals surface area contributed by atoms with Gasteiger partial charge in [0.2, 0.25) is 9.04 Å². The standard InChI is InChI=1S/C21H43O2SSi/c1-5-9-12-13-15-21(22)24-17-16-20(14-8-4)23-25(18-10-6-2)19-11-7-3/h20H,5-19H2,1-4H3. The average molecular weight is 388 g/mol. The molecule has 0 saturated heterocycles. The van der Waals surface area contributed by atoms with Crippen LogP contribution in [0.3, 0.4) is 0 Å². The van der Waals surface area contributed by atoms with E-state index in [1.165, 1.54) is 63.5 Å². The third kappa shape index (κ3) is 16.1. The highest BCUT2D eigenvalue weighted by molar-refractivity contribution is 8.13. The fraction of sp³-hybridized carbons (Fsp3) is 0.952. The first kappa shape index (κ1) is 25.2. The normalized spacial score (nSPS) is 12.7. The Morgan fingerprint density at radius 3 is 2.04 bits per heavy atom. The molecule has 0 spiro atoms. The van der Waals surface area contributed by atoms with Crippen molar-refractivity contribution in [2.45, 2.75) is 123 Å². The molecular weight excluding hydrogens is 344 g/mol. The molecule has 0 rings (SSSR count). The highest BCUT2D eigenvalue weighted by Crippen LogP contribution is 2.20. The van der Waals surface area contributed by atoms with E-state index in [2.05, 4.69) is 27.7 Å². The SMILES string of the molecule is CCCCCCC(=O)SCCC(CCC)O[Si](CCCC)CCCC. The van der Waals surface area contributed by atoms with Gasteiger partial charge in [0.1, 0.15) is 0 Å². The van der Waals surface area contributed by atoms with Crippen molar-refractivity contribution in [1.29, 1.82) is 0 Å². The fourth-order valence-electron chi connectivity index (χ4n) is 2.88. The van der Waals surface area contributed by atoms with Crippen molar-refractivity contribution < 1.29 is 9.22 Å². The lowest BCUT2D eigenvalue weighted by atomic mass is 10.2. The molecule has 0 fully saturated rings. The monoisotopic (exact) mass is 387 g/mol. The minimum atomic E-state index is -0.655. The average Bonchev–Trinajstić information content (AvgIpc) is 2.61. The molecule has 149 valence electrons. The van der Waals surface area contributed by atoms with E-state index in [4.69, 9.17) is 4.43 Å². The van der Waals surface area contributed by atoms with Gasteiger partial charge in [-0.3, -0.25) is 4.79 Å². The first-order valence-corrected chi connectivity index (χ1v) is 13.7. The molecule has 0 saturated carbocycles. The third-order valence-corrected chi connectivity index (χ3v) is 7.95. The highest BCUT2D eigenvalue weighted by atomic mass is 32.2. The lowest BCUT2D eigenvalue weighted by molar-refractivity contribution is -0.111. The van der Waals surface area contributed by atoms with Crippen LogP contribution in [0.4, 0.5) is 0 Å². The van der Waals surface area contributed by atoms with Gasteiger partial charge < -0.3 is 4.43 Å². The van der Waals surface area contributed by atoms with Gasteiger partial charge in [0.05, 0.1) is 0 Å². The molecular formula is C21H43O2SSi. The van der Waals surface area contributed by atoms with Gasteiger partial charge >= 0.3 is 0 Å². The van der Waals surface area contributed by atoms with Crippen LogP contribution in [-0.4, -0.2) is 26.0 Å². The van der Waals surface area contributed by atoms with E-state index in [1.54, 1.807) is 11.8 Å². The summed E-state index contributed by atoms with van der Waals surface area (Å²) in [6, 6.07) is 2.59. The Labute approximate surface area is 164 Å². The zero-order valence-corrected chi connectivity index (χ0v) is 19.2. The second kappa shape index (κ2) is 19.0. The Kier molecular flexibility index (Phi) is 19.1. The summed E-state index contributed by atoms with van der Waals surface area (Å²) in [7, 11) is -0.655. The largest absolute Gasteiger partial charge is 0.414 e. The number of thioether (sulfide) groups is 1. The zero-order valence-electron chi connectivity index (χ0n) is 17.4. The summed E-state index contributed by atoms with van der Waals surface area (Å²) in [6.07, 6.45) is 14.4. The molecule has 1 atom stereocenters. The molecule has 0 aliphatic rings. The molecule has 0 bridgehead atoms. The Bertz CT molecular complexity index is 292. The van der Waals surface area contributed by atoms with E-state index in [1.807, 2.05) is 0 Å². The Balaban J connectivity index is 4.12. The molecule has 1 radical (unpaired) electrons. The number of hydrogen-bond donors (Lipinski definition) is 0. The molecule has 4 heteroatoms. The van der Waals surface area contributed by atoms with E-state index >= 15 is 0 Å². The van der Waals surface area contributed by atoms with E-state index < -0.39 is 9.04 Å². The van der Waals surface area contributed by atoms with Gasteiger partial charge in [0, 0.05) is 18.3 Å². The van der Waals surface area contributed by atoms with E-state index in [9.17, 15) is 4.79 Å². The number of unbranched alkanes of at least 4 members (excludes halogenated alkanes) is 5. The van der Waals surface area contributed by atoms with Crippen molar-refractivity contribution in [3.63, 3.8) is 0 Å². The zero-order chi connectivity index (χ0) is 18.8. The van der Waals surface area contributed by atoms with Crippen LogP contribution < -0.4 is 0 Å². The topological polar surface area (TPSA) is 26.3 Å². The number of hydrogen-bond acceptors (Lipinski definition) is 3. The summed E-state index contributed by atoms with van der Waals surface area (Å²) in [5, 5.41) is 0.383. The number of carbonyl (C=O) groups is 1. The summed E-state index contributed by atoms with van der Waals surface area (Å²) in [5.41, 5.74) is 0. The van der Waals surface area contributed by atoms with Gasteiger partial charge in [-0.2, -0.15) is 0 Å². The highest BCUT2D eigenvalue weighted by Gasteiger charge is 2.18. The lowest BCUT2D eigenvalue weighted by Gasteiger charge is -2.23. The Hall–Kier alpha value is 0.197. The summed E-state index contributed by atoms with van der Waals surface area (Å²) in [5.74, 6) is 0.938. The van der Waals surface area contributed by atoms with Gasteiger partial charge in [-0.1, -0.05) is 90.8 Å². The van der Waals surface area contributed by atoms with E-state index in [0.717, 1.165) is 31.4 Å². The van der Waals surface area contributed by atoms with Gasteiger partial charge in [0.15, 0.2) is 5.12 Å². The molecule has 0 heterocycles. The molecule has 0 aliphatic carbocycles. The lowest BCUT2D eigenvalue weighted by Crippen LogP contribution is -2.26. The van der Waals surface area contributed by atoms with Crippen LogP contribution in [0.1, 0.15) is 105 Å². The summed E-state index contributed by atoms with van der Waals surface area (Å²) < 4.78 is 6.57. The molecule has 0 amide bonds. The first-order valence-electron chi connectivity index (χ1n) is 10.8. The van der Waals surface area contributed by atoms with Crippen molar-refractivity contribution >= 4 is 25.9 Å². The second-order valence-electron chi connectivity index (χ2n) is 7.09. The quantitative estimate of drug-likeness (QED) is 0.181. The second-order valence-corrected chi connectivity index (χ2v) is 10.6. The summed E-state index contributed by atoms with van der Waals surface area (Å²) in [4.78, 5) is 12.0. The van der Waals surface area contributed by atoms with Gasteiger partial charge in [-0.05, 0) is 31.4 Å². The molecule has 2 nitrogen and oxygen atoms in total. The molecule has 0 aliphatic heterocycles. The molecule has 0 aromatic heterocycles. The maximum atomic E-state index is 12.0. The van der Waals surface area contributed by atoms with Gasteiger partial charge in [-0.15, -0.1) is 0 Å². The predicted octanol–water partition coefficient (Wildman–Crippen LogP) is 7.38. The maximum Gasteiger partial charge on any atom is 0.211 e. The minimum absolute atomic E-state index is 0.382. The van der Waals surface area contributed by atoms with Gasteiger partial charge in [-0.25, -0.2) is 0 Å². The molecule has 0 aromatic rings. The molecule has 1 unspecified atom stereocenters. The van der Waals surface area contributed by atoms with Crippen LogP contribution in [0, 0.1) is 0 Å². The van der Waals surface area contributed by atoms with Crippen molar-refractivity contribution in [1.82, 2.24) is 0 Å². The number of rotatable bonds is 18. The predicted molar refractivity (Wildman–Crippen MR) is 116 cm³/mol. The maximum absolute atomic E-state index is 12.0. The van der Waals surface area contributed by atoms with Crippen molar-refractivity contribution in [2.24, 2.45) is 0 Å². The van der Waals surface area contributed by atoms with E-state index in [0.29, 0.717) is 11.2 Å². The van der Waals surface area contributed by atoms with Crippen LogP contribution in [0.5, 0.6) is 0 Å². The Morgan fingerprint density at radius 2 is 1.48 bits per heavy atom. The third-order valence-electron chi connectivity index (χ3n) is 4.50. The van der Waals surface area contributed by atoms with Crippen molar-refractivity contribution in [2.75, 3.05) is 5.75 Å². The molecule has 0 N–H and O–H groups in total. The molecule has 25 heavy (non-hydrogen) atoms. The van der Waals surface area contributed by atoms with Crippen LogP contribution in [0.2, 0.25) is 12.1 Å². The van der Waals surface area contributed by atoms with Crippen LogP contribution >= 0.6 is 11.8 Å². The van der Waals surface area contributed by atoms with E-state index in [-0.39, 0.29) is 0 Å². The molecule has 0 aromatic carbocycles. The Morgan fingerprint density at radius 1 is 0.840 bits per heavy atom. The first-order chi connectivity index (χ1) is 12.2.